The monoisotopic (exact) mass is 146 g/mol. The van der Waals surface area contributed by atoms with E-state index in [1.807, 2.05) is 13.0 Å². The summed E-state index contributed by atoms with van der Waals surface area (Å²) in [6.45, 7) is 1.86. The van der Waals surface area contributed by atoms with Crippen molar-refractivity contribution in [3.05, 3.63) is 29.6 Å². The van der Waals surface area contributed by atoms with E-state index in [1.165, 1.54) is 0 Å². The average molecular weight is 146 g/mol. The van der Waals surface area contributed by atoms with E-state index >= 15 is 0 Å². The molecule has 2 heteroatoms. The number of rotatable bonds is 1. The Morgan fingerprint density at radius 1 is 1.73 bits per heavy atom. The molecule has 1 atom stereocenters. The first-order valence-electron chi connectivity index (χ1n) is 3.43. The quantitative estimate of drug-likeness (QED) is 0.602. The Balaban J connectivity index is 3.15. The Morgan fingerprint density at radius 3 is 2.91 bits per heavy atom. The van der Waals surface area contributed by atoms with Crippen molar-refractivity contribution < 1.29 is 0 Å². The molecule has 1 rings (SSSR count). The van der Waals surface area contributed by atoms with E-state index in [4.69, 9.17) is 12.2 Å². The lowest BCUT2D eigenvalue weighted by Gasteiger charge is -2.05. The van der Waals surface area contributed by atoms with Crippen LogP contribution in [0.2, 0.25) is 0 Å². The van der Waals surface area contributed by atoms with Crippen molar-refractivity contribution in [2.75, 3.05) is 0 Å². The van der Waals surface area contributed by atoms with Crippen LogP contribution < -0.4 is 5.73 Å². The average Bonchev–Trinajstić information content (AvgIpc) is 2.04. The molecule has 0 saturated carbocycles. The molecule has 1 heterocycles. The van der Waals surface area contributed by atoms with E-state index in [1.54, 1.807) is 12.3 Å². The molecule has 11 heavy (non-hydrogen) atoms. The minimum Gasteiger partial charge on any atom is -0.323 e. The SMILES string of the molecule is C#Cc1cccnc1C(C)N. The fraction of sp³-hybridized carbons (Fsp3) is 0.222. The Bertz CT molecular complexity index is 284. The third kappa shape index (κ3) is 1.57. The van der Waals surface area contributed by atoms with E-state index < -0.39 is 0 Å². The molecule has 1 unspecified atom stereocenters. The van der Waals surface area contributed by atoms with Gasteiger partial charge in [0.1, 0.15) is 0 Å². The van der Waals surface area contributed by atoms with Crippen molar-refractivity contribution >= 4 is 0 Å². The summed E-state index contributed by atoms with van der Waals surface area (Å²) in [6, 6.07) is 3.55. The molecular weight excluding hydrogens is 136 g/mol. The first-order valence-corrected chi connectivity index (χ1v) is 3.43. The molecular formula is C9H10N2. The molecule has 0 aliphatic carbocycles. The lowest BCUT2D eigenvalue weighted by molar-refractivity contribution is 0.778. The van der Waals surface area contributed by atoms with Gasteiger partial charge in [0.25, 0.3) is 0 Å². The summed E-state index contributed by atoms with van der Waals surface area (Å²) in [5.74, 6) is 2.53. The van der Waals surface area contributed by atoms with Gasteiger partial charge in [0, 0.05) is 17.8 Å². The van der Waals surface area contributed by atoms with Gasteiger partial charge in [0.15, 0.2) is 0 Å². The van der Waals surface area contributed by atoms with Crippen LogP contribution in [-0.2, 0) is 0 Å². The van der Waals surface area contributed by atoms with Crippen LogP contribution in [0.4, 0.5) is 0 Å². The van der Waals surface area contributed by atoms with Crippen LogP contribution in [0.1, 0.15) is 24.2 Å². The molecule has 0 aromatic carbocycles. The van der Waals surface area contributed by atoms with Gasteiger partial charge in [-0.15, -0.1) is 6.42 Å². The van der Waals surface area contributed by atoms with Crippen LogP contribution in [0.3, 0.4) is 0 Å². The second kappa shape index (κ2) is 3.18. The van der Waals surface area contributed by atoms with Crippen molar-refractivity contribution in [2.24, 2.45) is 5.73 Å². The highest BCUT2D eigenvalue weighted by Gasteiger charge is 2.04. The summed E-state index contributed by atoms with van der Waals surface area (Å²) in [6.07, 6.45) is 6.94. The summed E-state index contributed by atoms with van der Waals surface area (Å²) < 4.78 is 0. The van der Waals surface area contributed by atoms with Crippen LogP contribution in [0, 0.1) is 12.3 Å². The molecule has 0 saturated heterocycles. The fourth-order valence-electron chi connectivity index (χ4n) is 0.902. The van der Waals surface area contributed by atoms with Gasteiger partial charge in [0.05, 0.1) is 5.69 Å². The van der Waals surface area contributed by atoms with Crippen molar-refractivity contribution in [1.82, 2.24) is 4.98 Å². The van der Waals surface area contributed by atoms with Gasteiger partial charge >= 0.3 is 0 Å². The van der Waals surface area contributed by atoms with Gasteiger partial charge in [-0.05, 0) is 19.1 Å². The predicted molar refractivity (Wildman–Crippen MR) is 44.8 cm³/mol. The van der Waals surface area contributed by atoms with Crippen LogP contribution in [0.25, 0.3) is 0 Å². The van der Waals surface area contributed by atoms with Crippen molar-refractivity contribution in [2.45, 2.75) is 13.0 Å². The molecule has 0 bridgehead atoms. The Morgan fingerprint density at radius 2 is 2.45 bits per heavy atom. The molecule has 0 amide bonds. The number of pyridine rings is 1. The van der Waals surface area contributed by atoms with Crippen molar-refractivity contribution in [3.63, 3.8) is 0 Å². The molecule has 1 aromatic heterocycles. The van der Waals surface area contributed by atoms with E-state index in [2.05, 4.69) is 10.9 Å². The Labute approximate surface area is 66.4 Å². The lowest BCUT2D eigenvalue weighted by atomic mass is 10.1. The first kappa shape index (κ1) is 7.77. The summed E-state index contributed by atoms with van der Waals surface area (Å²) in [7, 11) is 0. The molecule has 0 radical (unpaired) electrons. The third-order valence-electron chi connectivity index (χ3n) is 1.43. The number of hydrogen-bond donors (Lipinski definition) is 1. The van der Waals surface area contributed by atoms with Crippen molar-refractivity contribution in [1.29, 1.82) is 0 Å². The predicted octanol–water partition coefficient (Wildman–Crippen LogP) is 1.08. The smallest absolute Gasteiger partial charge is 0.0724 e. The van der Waals surface area contributed by atoms with Gasteiger partial charge in [0.2, 0.25) is 0 Å². The molecule has 1 aromatic rings. The minimum absolute atomic E-state index is 0.0951. The highest BCUT2D eigenvalue weighted by atomic mass is 14.8. The normalized spacial score (nSPS) is 12.1. The standard InChI is InChI=1S/C9H10N2/c1-3-8-5-4-6-11-9(8)7(2)10/h1,4-7H,10H2,2H3. The van der Waals surface area contributed by atoms with E-state index in [0.29, 0.717) is 0 Å². The summed E-state index contributed by atoms with van der Waals surface area (Å²) in [5.41, 5.74) is 7.20. The lowest BCUT2D eigenvalue weighted by Crippen LogP contribution is -2.09. The topological polar surface area (TPSA) is 38.9 Å². The van der Waals surface area contributed by atoms with E-state index in [-0.39, 0.29) is 6.04 Å². The van der Waals surface area contributed by atoms with Gasteiger partial charge in [-0.25, -0.2) is 0 Å². The molecule has 2 nitrogen and oxygen atoms in total. The van der Waals surface area contributed by atoms with Crippen LogP contribution in [0.15, 0.2) is 18.3 Å². The zero-order valence-corrected chi connectivity index (χ0v) is 6.41. The maximum Gasteiger partial charge on any atom is 0.0724 e. The summed E-state index contributed by atoms with van der Waals surface area (Å²) in [4.78, 5) is 4.08. The molecule has 0 aliphatic heterocycles. The number of nitrogens with zero attached hydrogens (tertiary/aromatic N) is 1. The van der Waals surface area contributed by atoms with Crippen LogP contribution in [0.5, 0.6) is 0 Å². The molecule has 0 fully saturated rings. The molecule has 2 N–H and O–H groups in total. The highest BCUT2D eigenvalue weighted by Crippen LogP contribution is 2.10. The Kier molecular flexibility index (Phi) is 2.25. The van der Waals surface area contributed by atoms with Crippen LogP contribution in [-0.4, -0.2) is 4.98 Å². The van der Waals surface area contributed by atoms with Crippen LogP contribution >= 0.6 is 0 Å². The maximum absolute atomic E-state index is 5.63. The summed E-state index contributed by atoms with van der Waals surface area (Å²) >= 11 is 0. The number of terminal acetylenes is 1. The molecule has 0 aliphatic rings. The van der Waals surface area contributed by atoms with Gasteiger partial charge in [-0.1, -0.05) is 5.92 Å². The number of nitrogens with two attached hydrogens (primary N) is 1. The van der Waals surface area contributed by atoms with E-state index in [9.17, 15) is 0 Å². The van der Waals surface area contributed by atoms with Gasteiger partial charge in [-0.2, -0.15) is 0 Å². The highest BCUT2D eigenvalue weighted by molar-refractivity contribution is 5.36. The van der Waals surface area contributed by atoms with Gasteiger partial charge in [-0.3, -0.25) is 4.98 Å². The maximum atomic E-state index is 5.63. The van der Waals surface area contributed by atoms with Crippen molar-refractivity contribution in [3.8, 4) is 12.3 Å². The van der Waals surface area contributed by atoms with E-state index in [0.717, 1.165) is 11.3 Å². The Hall–Kier alpha value is -1.33. The second-order valence-electron chi connectivity index (χ2n) is 2.37. The first-order chi connectivity index (χ1) is 5.25. The second-order valence-corrected chi connectivity index (χ2v) is 2.37. The fourth-order valence-corrected chi connectivity index (χ4v) is 0.902. The number of aromatic nitrogens is 1. The molecule has 0 spiro atoms. The zero-order valence-electron chi connectivity index (χ0n) is 6.41. The van der Waals surface area contributed by atoms with Gasteiger partial charge < -0.3 is 5.73 Å². The number of hydrogen-bond acceptors (Lipinski definition) is 2. The largest absolute Gasteiger partial charge is 0.323 e. The zero-order chi connectivity index (χ0) is 8.27. The summed E-state index contributed by atoms with van der Waals surface area (Å²) in [5, 5.41) is 0. The molecule has 56 valence electrons. The minimum atomic E-state index is -0.0951. The third-order valence-corrected chi connectivity index (χ3v) is 1.43.